The number of aliphatic hydroxyl groups is 1. The van der Waals surface area contributed by atoms with Crippen LogP contribution in [0.15, 0.2) is 12.3 Å². The van der Waals surface area contributed by atoms with Gasteiger partial charge in [0.15, 0.2) is 0 Å². The Kier molecular flexibility index (Phi) is 1.81. The molecule has 0 radical (unpaired) electrons. The second-order valence-corrected chi connectivity index (χ2v) is 2.91. The summed E-state index contributed by atoms with van der Waals surface area (Å²) >= 11 is 1.69. The Labute approximate surface area is 53.0 Å². The maximum Gasteiger partial charge on any atom is 0.112 e. The highest BCUT2D eigenvalue weighted by molar-refractivity contribution is 8.00. The molecule has 1 rings (SSSR count). The highest BCUT2D eigenvalue weighted by Gasteiger charge is 2.15. The summed E-state index contributed by atoms with van der Waals surface area (Å²) in [6.07, 6.45) is 0. The van der Waals surface area contributed by atoms with Gasteiger partial charge in [-0.15, -0.1) is 11.8 Å². The lowest BCUT2D eigenvalue weighted by molar-refractivity contribution is 0.386. The molecule has 46 valence electrons. The number of thioether (sulfide) groups is 1. The van der Waals surface area contributed by atoms with Crippen LogP contribution in [-0.2, 0) is 0 Å². The maximum absolute atomic E-state index is 8.77. The predicted octanol–water partition coefficient (Wildman–Crippen LogP) is 0.721. The number of nitrogens with one attached hydrogen (secondary N) is 1. The van der Waals surface area contributed by atoms with Crippen LogP contribution < -0.4 is 5.32 Å². The van der Waals surface area contributed by atoms with Crippen LogP contribution in [0, 0.1) is 0 Å². The summed E-state index contributed by atoms with van der Waals surface area (Å²) in [5.74, 6) is 1.32. The molecule has 0 aromatic carbocycles. The van der Waals surface area contributed by atoms with Crippen LogP contribution in [0.25, 0.3) is 0 Å². The molecule has 0 bridgehead atoms. The minimum atomic E-state index is 0.0926. The van der Waals surface area contributed by atoms with Crippen molar-refractivity contribution in [1.82, 2.24) is 5.32 Å². The Balaban J connectivity index is 2.35. The number of hydrogen-bond acceptors (Lipinski definition) is 3. The standard InChI is InChI=1S/C5H9NOS/c1-4(7)5-6-2-3-8-5/h5-7H,1-3H2. The van der Waals surface area contributed by atoms with Crippen molar-refractivity contribution in [2.24, 2.45) is 0 Å². The molecule has 1 fully saturated rings. The van der Waals surface area contributed by atoms with E-state index in [0.29, 0.717) is 0 Å². The van der Waals surface area contributed by atoms with E-state index >= 15 is 0 Å². The van der Waals surface area contributed by atoms with E-state index in [1.165, 1.54) is 0 Å². The van der Waals surface area contributed by atoms with Crippen molar-refractivity contribution in [3.63, 3.8) is 0 Å². The summed E-state index contributed by atoms with van der Waals surface area (Å²) < 4.78 is 0. The third kappa shape index (κ3) is 1.17. The fourth-order valence-electron chi connectivity index (χ4n) is 0.640. The highest BCUT2D eigenvalue weighted by Crippen LogP contribution is 2.17. The van der Waals surface area contributed by atoms with Gasteiger partial charge in [-0.1, -0.05) is 6.58 Å². The van der Waals surface area contributed by atoms with Crippen LogP contribution in [0.1, 0.15) is 0 Å². The average molecular weight is 131 g/mol. The topological polar surface area (TPSA) is 32.3 Å². The normalized spacial score (nSPS) is 28.2. The minimum absolute atomic E-state index is 0.0926. The van der Waals surface area contributed by atoms with Gasteiger partial charge in [0, 0.05) is 12.3 Å². The zero-order valence-corrected chi connectivity index (χ0v) is 5.37. The van der Waals surface area contributed by atoms with Gasteiger partial charge in [0.25, 0.3) is 0 Å². The van der Waals surface area contributed by atoms with Crippen molar-refractivity contribution in [1.29, 1.82) is 0 Å². The van der Waals surface area contributed by atoms with Crippen molar-refractivity contribution in [3.05, 3.63) is 12.3 Å². The zero-order valence-electron chi connectivity index (χ0n) is 4.55. The lowest BCUT2D eigenvalue weighted by Gasteiger charge is -2.04. The lowest BCUT2D eigenvalue weighted by atomic mass is 10.5. The Morgan fingerprint density at radius 3 is 2.88 bits per heavy atom. The molecule has 0 aromatic rings. The molecule has 1 aliphatic heterocycles. The van der Waals surface area contributed by atoms with Crippen LogP contribution >= 0.6 is 11.8 Å². The lowest BCUT2D eigenvalue weighted by Crippen LogP contribution is -2.20. The van der Waals surface area contributed by atoms with E-state index in [1.807, 2.05) is 0 Å². The molecule has 2 N–H and O–H groups in total. The average Bonchev–Trinajstić information content (AvgIpc) is 2.12. The molecular weight excluding hydrogens is 122 g/mol. The van der Waals surface area contributed by atoms with E-state index in [2.05, 4.69) is 11.9 Å². The first-order valence-corrected chi connectivity index (χ1v) is 3.58. The second-order valence-electron chi connectivity index (χ2n) is 1.70. The molecule has 1 unspecified atom stereocenters. The fourth-order valence-corrected chi connectivity index (χ4v) is 1.54. The quantitative estimate of drug-likeness (QED) is 0.514. The molecule has 1 heterocycles. The van der Waals surface area contributed by atoms with E-state index in [9.17, 15) is 0 Å². The molecule has 2 nitrogen and oxygen atoms in total. The largest absolute Gasteiger partial charge is 0.510 e. The minimum Gasteiger partial charge on any atom is -0.510 e. The number of rotatable bonds is 1. The van der Waals surface area contributed by atoms with Crippen molar-refractivity contribution < 1.29 is 5.11 Å². The van der Waals surface area contributed by atoms with Gasteiger partial charge in [-0.05, 0) is 0 Å². The highest BCUT2D eigenvalue weighted by atomic mass is 32.2. The molecule has 0 aromatic heterocycles. The van der Waals surface area contributed by atoms with Gasteiger partial charge in [-0.25, -0.2) is 0 Å². The second kappa shape index (κ2) is 2.42. The van der Waals surface area contributed by atoms with Crippen molar-refractivity contribution in [3.8, 4) is 0 Å². The van der Waals surface area contributed by atoms with Crippen LogP contribution in [0.5, 0.6) is 0 Å². The Bertz CT molecular complexity index is 98.6. The summed E-state index contributed by atoms with van der Waals surface area (Å²) in [5.41, 5.74) is 0. The van der Waals surface area contributed by atoms with Gasteiger partial charge in [0.1, 0.15) is 11.1 Å². The van der Waals surface area contributed by atoms with E-state index in [0.717, 1.165) is 12.3 Å². The summed E-state index contributed by atoms with van der Waals surface area (Å²) in [4.78, 5) is 0. The first-order chi connectivity index (χ1) is 3.80. The van der Waals surface area contributed by atoms with E-state index in [4.69, 9.17) is 5.11 Å². The third-order valence-corrected chi connectivity index (χ3v) is 2.23. The van der Waals surface area contributed by atoms with Crippen LogP contribution in [0.4, 0.5) is 0 Å². The molecule has 0 aliphatic carbocycles. The monoisotopic (exact) mass is 131 g/mol. The van der Waals surface area contributed by atoms with Crippen molar-refractivity contribution >= 4 is 11.8 Å². The molecule has 3 heteroatoms. The summed E-state index contributed by atoms with van der Waals surface area (Å²) in [6, 6.07) is 0. The number of aliphatic hydroxyl groups excluding tert-OH is 1. The van der Waals surface area contributed by atoms with Gasteiger partial charge >= 0.3 is 0 Å². The fraction of sp³-hybridized carbons (Fsp3) is 0.600. The molecule has 1 saturated heterocycles. The van der Waals surface area contributed by atoms with Gasteiger partial charge in [0.05, 0.1) is 0 Å². The van der Waals surface area contributed by atoms with Gasteiger partial charge in [0.2, 0.25) is 0 Å². The van der Waals surface area contributed by atoms with Gasteiger partial charge < -0.3 is 5.11 Å². The molecule has 0 spiro atoms. The summed E-state index contributed by atoms with van der Waals surface area (Å²) in [6.45, 7) is 4.39. The molecule has 8 heavy (non-hydrogen) atoms. The first-order valence-electron chi connectivity index (χ1n) is 2.53. The van der Waals surface area contributed by atoms with E-state index < -0.39 is 0 Å². The van der Waals surface area contributed by atoms with E-state index in [1.54, 1.807) is 11.8 Å². The smallest absolute Gasteiger partial charge is 0.112 e. The van der Waals surface area contributed by atoms with Crippen molar-refractivity contribution in [2.75, 3.05) is 12.3 Å². The predicted molar refractivity (Wildman–Crippen MR) is 36.0 cm³/mol. The Morgan fingerprint density at radius 2 is 2.62 bits per heavy atom. The first kappa shape index (κ1) is 5.98. The SMILES string of the molecule is C=C(O)C1NCCS1. The zero-order chi connectivity index (χ0) is 5.98. The summed E-state index contributed by atoms with van der Waals surface area (Å²) in [7, 11) is 0. The van der Waals surface area contributed by atoms with Crippen LogP contribution in [0.3, 0.4) is 0 Å². The third-order valence-electron chi connectivity index (χ3n) is 1.02. The van der Waals surface area contributed by atoms with Crippen LogP contribution in [-0.4, -0.2) is 22.8 Å². The van der Waals surface area contributed by atoms with Crippen LogP contribution in [0.2, 0.25) is 0 Å². The van der Waals surface area contributed by atoms with Crippen molar-refractivity contribution in [2.45, 2.75) is 5.37 Å². The molecule has 0 amide bonds. The molecule has 1 aliphatic rings. The molecule has 0 saturated carbocycles. The van der Waals surface area contributed by atoms with Gasteiger partial charge in [-0.3, -0.25) is 5.32 Å². The Hall–Kier alpha value is -0.150. The van der Waals surface area contributed by atoms with Gasteiger partial charge in [-0.2, -0.15) is 0 Å². The molecular formula is C5H9NOS. The number of hydrogen-bond donors (Lipinski definition) is 2. The maximum atomic E-state index is 8.77. The molecule has 1 atom stereocenters. The van der Waals surface area contributed by atoms with E-state index in [-0.39, 0.29) is 11.1 Å². The Morgan fingerprint density at radius 1 is 1.88 bits per heavy atom. The summed E-state index contributed by atoms with van der Waals surface area (Å²) in [5, 5.41) is 11.9.